The number of likely N-dealkylation sites (tertiary alicyclic amines) is 1. The normalized spacial score (nSPS) is 16.1. The topological polar surface area (TPSA) is 124 Å². The Bertz CT molecular complexity index is 764. The fraction of sp³-hybridized carbons (Fsp3) is 0.500. The van der Waals surface area contributed by atoms with Gasteiger partial charge in [0.05, 0.1) is 39.9 Å². The zero-order valence-corrected chi connectivity index (χ0v) is 16.2. The predicted octanol–water partition coefficient (Wildman–Crippen LogP) is 1.83. The summed E-state index contributed by atoms with van der Waals surface area (Å²) in [6.07, 6.45) is 1.07. The number of nitrogens with one attached hydrogen (secondary N) is 1. The van der Waals surface area contributed by atoms with Crippen molar-refractivity contribution in [1.29, 1.82) is 0 Å². The molecule has 10 heteroatoms. The number of carboxylic acid groups (broad SMARTS) is 1. The van der Waals surface area contributed by atoms with Gasteiger partial charge < -0.3 is 34.3 Å². The van der Waals surface area contributed by atoms with Gasteiger partial charge in [-0.15, -0.1) is 0 Å². The van der Waals surface area contributed by atoms with E-state index in [1.807, 2.05) is 0 Å². The van der Waals surface area contributed by atoms with Crippen molar-refractivity contribution in [3.05, 3.63) is 11.6 Å². The number of urea groups is 1. The molecule has 0 radical (unpaired) electrons. The third kappa shape index (κ3) is 4.21. The van der Waals surface area contributed by atoms with Crippen LogP contribution in [0.2, 0.25) is 0 Å². The molecule has 2 rings (SSSR count). The number of benzene rings is 1. The molecule has 0 aromatic heterocycles. The quantitative estimate of drug-likeness (QED) is 0.698. The van der Waals surface area contributed by atoms with E-state index in [0.29, 0.717) is 19.4 Å². The van der Waals surface area contributed by atoms with Crippen molar-refractivity contribution in [2.45, 2.75) is 12.8 Å². The molecule has 0 bridgehead atoms. The van der Waals surface area contributed by atoms with Crippen molar-refractivity contribution >= 4 is 23.7 Å². The SMILES string of the molecule is COC(=O)c1cc(OC)c(OC)c(OC)c1NC(=O)N1CCCC(C(=O)O)C1. The number of methoxy groups -OCH3 is 4. The molecule has 0 aliphatic carbocycles. The molecule has 1 heterocycles. The van der Waals surface area contributed by atoms with Crippen LogP contribution < -0.4 is 19.5 Å². The van der Waals surface area contributed by atoms with E-state index in [1.165, 1.54) is 39.4 Å². The monoisotopic (exact) mass is 396 g/mol. The predicted molar refractivity (Wildman–Crippen MR) is 98.4 cm³/mol. The van der Waals surface area contributed by atoms with Gasteiger partial charge in [-0.2, -0.15) is 0 Å². The molecule has 0 saturated carbocycles. The van der Waals surface area contributed by atoms with E-state index in [4.69, 9.17) is 18.9 Å². The summed E-state index contributed by atoms with van der Waals surface area (Å²) in [4.78, 5) is 37.7. The highest BCUT2D eigenvalue weighted by molar-refractivity contribution is 6.04. The first-order chi connectivity index (χ1) is 13.4. The summed E-state index contributed by atoms with van der Waals surface area (Å²) in [5.41, 5.74) is 0.0617. The van der Waals surface area contributed by atoms with Crippen LogP contribution >= 0.6 is 0 Å². The van der Waals surface area contributed by atoms with Crippen LogP contribution in [0.25, 0.3) is 0 Å². The molecule has 1 unspecified atom stereocenters. The molecule has 154 valence electrons. The lowest BCUT2D eigenvalue weighted by Gasteiger charge is -2.31. The number of amides is 2. The van der Waals surface area contributed by atoms with Crippen LogP contribution in [0.5, 0.6) is 17.2 Å². The summed E-state index contributed by atoms with van der Waals surface area (Å²) in [5.74, 6) is -1.79. The average Bonchev–Trinajstić information content (AvgIpc) is 2.72. The van der Waals surface area contributed by atoms with E-state index < -0.39 is 23.9 Å². The molecule has 28 heavy (non-hydrogen) atoms. The average molecular weight is 396 g/mol. The van der Waals surface area contributed by atoms with Crippen molar-refractivity contribution in [3.63, 3.8) is 0 Å². The maximum atomic E-state index is 12.8. The molecule has 0 spiro atoms. The van der Waals surface area contributed by atoms with Crippen molar-refractivity contribution in [1.82, 2.24) is 4.90 Å². The van der Waals surface area contributed by atoms with Gasteiger partial charge in [0, 0.05) is 19.2 Å². The summed E-state index contributed by atoms with van der Waals surface area (Å²) in [7, 11) is 5.36. The smallest absolute Gasteiger partial charge is 0.340 e. The summed E-state index contributed by atoms with van der Waals surface area (Å²) >= 11 is 0. The zero-order chi connectivity index (χ0) is 20.8. The van der Waals surface area contributed by atoms with Crippen LogP contribution in [0.3, 0.4) is 0 Å². The molecule has 1 aromatic rings. The zero-order valence-electron chi connectivity index (χ0n) is 16.2. The Kier molecular flexibility index (Phi) is 6.91. The number of piperidine rings is 1. The molecule has 10 nitrogen and oxygen atoms in total. The Labute approximate surface area is 162 Å². The van der Waals surface area contributed by atoms with Gasteiger partial charge in [0.2, 0.25) is 5.75 Å². The van der Waals surface area contributed by atoms with Crippen LogP contribution in [0.15, 0.2) is 6.07 Å². The number of rotatable bonds is 6. The maximum Gasteiger partial charge on any atom is 0.340 e. The van der Waals surface area contributed by atoms with E-state index >= 15 is 0 Å². The van der Waals surface area contributed by atoms with Crippen LogP contribution in [0, 0.1) is 5.92 Å². The van der Waals surface area contributed by atoms with Crippen LogP contribution in [-0.2, 0) is 9.53 Å². The fourth-order valence-electron chi connectivity index (χ4n) is 3.10. The number of carbonyl (C=O) groups excluding carboxylic acids is 2. The Hall–Kier alpha value is -3.17. The second kappa shape index (κ2) is 9.16. The number of hydrogen-bond acceptors (Lipinski definition) is 7. The molecule has 1 aliphatic rings. The van der Waals surface area contributed by atoms with Gasteiger partial charge in [0.15, 0.2) is 11.5 Å². The third-order valence-corrected chi connectivity index (χ3v) is 4.53. The van der Waals surface area contributed by atoms with Gasteiger partial charge >= 0.3 is 18.0 Å². The van der Waals surface area contributed by atoms with Crippen LogP contribution in [0.4, 0.5) is 10.5 Å². The van der Waals surface area contributed by atoms with E-state index in [1.54, 1.807) is 0 Å². The van der Waals surface area contributed by atoms with E-state index in [9.17, 15) is 19.5 Å². The number of aliphatic carboxylic acids is 1. The Balaban J connectivity index is 2.43. The molecule has 1 aliphatic heterocycles. The molecular formula is C18H24N2O8. The largest absolute Gasteiger partial charge is 0.493 e. The van der Waals surface area contributed by atoms with E-state index in [-0.39, 0.29) is 35.0 Å². The van der Waals surface area contributed by atoms with E-state index in [2.05, 4.69) is 5.32 Å². The molecule has 2 N–H and O–H groups in total. The van der Waals surface area contributed by atoms with Gasteiger partial charge in [-0.25, -0.2) is 9.59 Å². The number of carboxylic acids is 1. The first-order valence-corrected chi connectivity index (χ1v) is 8.57. The van der Waals surface area contributed by atoms with Crippen molar-refractivity contribution < 1.29 is 38.4 Å². The highest BCUT2D eigenvalue weighted by Gasteiger charge is 2.31. The summed E-state index contributed by atoms with van der Waals surface area (Å²) < 4.78 is 20.7. The number of esters is 1. The van der Waals surface area contributed by atoms with Gasteiger partial charge in [-0.3, -0.25) is 4.79 Å². The summed E-state index contributed by atoms with van der Waals surface area (Å²) in [6, 6.07) is 0.820. The molecule has 1 atom stereocenters. The number of hydrogen-bond donors (Lipinski definition) is 2. The van der Waals surface area contributed by atoms with Crippen molar-refractivity contribution in [2.24, 2.45) is 5.92 Å². The molecule has 1 fully saturated rings. The van der Waals surface area contributed by atoms with Gasteiger partial charge in [0.25, 0.3) is 0 Å². The second-order valence-corrected chi connectivity index (χ2v) is 6.11. The number of nitrogens with zero attached hydrogens (tertiary/aromatic N) is 1. The minimum absolute atomic E-state index is 0.0112. The van der Waals surface area contributed by atoms with Crippen molar-refractivity contribution in [3.8, 4) is 17.2 Å². The standard InChI is InChI=1S/C18H24N2O8/c1-25-12-8-11(17(23)28-4)13(15(27-3)14(12)26-2)19-18(24)20-7-5-6-10(9-20)16(21)22/h8,10H,5-7,9H2,1-4H3,(H,19,24)(H,21,22). The van der Waals surface area contributed by atoms with Gasteiger partial charge in [-0.05, 0) is 12.8 Å². The summed E-state index contributed by atoms with van der Waals surface area (Å²) in [6.45, 7) is 0.475. The van der Waals surface area contributed by atoms with Crippen LogP contribution in [-0.4, -0.2) is 69.5 Å². The number of anilines is 1. The molecule has 1 aromatic carbocycles. The van der Waals surface area contributed by atoms with E-state index in [0.717, 1.165) is 0 Å². The lowest BCUT2D eigenvalue weighted by molar-refractivity contribution is -0.143. The maximum absolute atomic E-state index is 12.8. The fourth-order valence-corrected chi connectivity index (χ4v) is 3.10. The van der Waals surface area contributed by atoms with Gasteiger partial charge in [-0.1, -0.05) is 0 Å². The minimum Gasteiger partial charge on any atom is -0.493 e. The Morgan fingerprint density at radius 3 is 2.32 bits per heavy atom. The highest BCUT2D eigenvalue weighted by Crippen LogP contribution is 2.45. The summed E-state index contributed by atoms with van der Waals surface area (Å²) in [5, 5.41) is 11.8. The second-order valence-electron chi connectivity index (χ2n) is 6.11. The number of carbonyl (C=O) groups is 3. The lowest BCUT2D eigenvalue weighted by atomic mass is 9.99. The van der Waals surface area contributed by atoms with Crippen molar-refractivity contribution in [2.75, 3.05) is 46.8 Å². The van der Waals surface area contributed by atoms with Crippen LogP contribution in [0.1, 0.15) is 23.2 Å². The first kappa shape index (κ1) is 21.1. The highest BCUT2D eigenvalue weighted by atomic mass is 16.5. The Morgan fingerprint density at radius 1 is 1.11 bits per heavy atom. The number of ether oxygens (including phenoxy) is 4. The molecule has 1 saturated heterocycles. The Morgan fingerprint density at radius 2 is 1.79 bits per heavy atom. The van der Waals surface area contributed by atoms with Gasteiger partial charge in [0.1, 0.15) is 5.69 Å². The third-order valence-electron chi connectivity index (χ3n) is 4.53. The molecule has 2 amide bonds. The molecular weight excluding hydrogens is 372 g/mol. The minimum atomic E-state index is -0.948. The first-order valence-electron chi connectivity index (χ1n) is 8.57. The lowest BCUT2D eigenvalue weighted by Crippen LogP contribution is -2.44.